The van der Waals surface area contributed by atoms with Crippen LogP contribution in [0.5, 0.6) is 5.75 Å². The minimum Gasteiger partial charge on any atom is -0.508 e. The van der Waals surface area contributed by atoms with Crippen molar-refractivity contribution in [3.8, 4) is 5.75 Å². The lowest BCUT2D eigenvalue weighted by Gasteiger charge is -2.18. The van der Waals surface area contributed by atoms with E-state index in [0.29, 0.717) is 10.8 Å². The van der Waals surface area contributed by atoms with Gasteiger partial charge in [-0.05, 0) is 66.3 Å². The number of anilines is 1. The van der Waals surface area contributed by atoms with Crippen molar-refractivity contribution in [1.29, 1.82) is 0 Å². The molecule has 0 spiro atoms. The minimum absolute atomic E-state index is 0.0156. The van der Waals surface area contributed by atoms with Gasteiger partial charge in [-0.15, -0.1) is 0 Å². The predicted molar refractivity (Wildman–Crippen MR) is 89.1 cm³/mol. The molecule has 0 aliphatic heterocycles. The Bertz CT molecular complexity index is 601. The maximum atomic E-state index is 9.98. The summed E-state index contributed by atoms with van der Waals surface area (Å²) < 4.78 is 1.10. The van der Waals surface area contributed by atoms with Crippen molar-refractivity contribution in [3.05, 3.63) is 56.1 Å². The molecule has 1 atom stereocenters. The maximum absolute atomic E-state index is 9.98. The van der Waals surface area contributed by atoms with Gasteiger partial charge >= 0.3 is 0 Å². The predicted octanol–water partition coefficient (Wildman–Crippen LogP) is 5.13. The summed E-state index contributed by atoms with van der Waals surface area (Å²) in [6.07, 6.45) is 0. The summed E-state index contributed by atoms with van der Waals surface area (Å²) in [5, 5.41) is 14.0. The maximum Gasteiger partial charge on any atom is 0.121 e. The molecule has 0 saturated carbocycles. The molecule has 0 saturated heterocycles. The molecule has 0 fully saturated rings. The Morgan fingerprint density at radius 2 is 1.95 bits per heavy atom. The average molecular weight is 388 g/mol. The van der Waals surface area contributed by atoms with Gasteiger partial charge in [0.25, 0.3) is 0 Å². The van der Waals surface area contributed by atoms with E-state index in [9.17, 15) is 5.11 Å². The molecule has 2 rings (SSSR count). The lowest BCUT2D eigenvalue weighted by atomic mass is 10.0. The standard InChI is InChI=1S/C15H15ClINO/c1-9-3-5-12(15(19)7-9)10(2)18-14-6-4-11(17)8-13(14)16/h3-8,10,18-19H,1-2H3. The zero-order valence-electron chi connectivity index (χ0n) is 10.7. The van der Waals surface area contributed by atoms with E-state index in [-0.39, 0.29) is 6.04 Å². The van der Waals surface area contributed by atoms with Crippen molar-refractivity contribution in [2.75, 3.05) is 5.32 Å². The number of halogens is 2. The van der Waals surface area contributed by atoms with Crippen LogP contribution in [0.2, 0.25) is 5.02 Å². The van der Waals surface area contributed by atoms with Gasteiger partial charge in [0.1, 0.15) is 5.75 Å². The molecule has 1 unspecified atom stereocenters. The van der Waals surface area contributed by atoms with Crippen LogP contribution >= 0.6 is 34.2 Å². The van der Waals surface area contributed by atoms with E-state index in [4.69, 9.17) is 11.6 Å². The summed E-state index contributed by atoms with van der Waals surface area (Å²) in [4.78, 5) is 0. The van der Waals surface area contributed by atoms with E-state index < -0.39 is 0 Å². The van der Waals surface area contributed by atoms with Crippen LogP contribution < -0.4 is 5.32 Å². The van der Waals surface area contributed by atoms with E-state index in [1.54, 1.807) is 6.07 Å². The van der Waals surface area contributed by atoms with E-state index >= 15 is 0 Å². The zero-order valence-corrected chi connectivity index (χ0v) is 13.7. The molecule has 0 radical (unpaired) electrons. The van der Waals surface area contributed by atoms with Crippen LogP contribution in [0, 0.1) is 10.5 Å². The monoisotopic (exact) mass is 387 g/mol. The summed E-state index contributed by atoms with van der Waals surface area (Å²) in [5.74, 6) is 0.307. The third-order valence-electron chi connectivity index (χ3n) is 2.96. The zero-order chi connectivity index (χ0) is 14.0. The first-order chi connectivity index (χ1) is 8.97. The van der Waals surface area contributed by atoms with Gasteiger partial charge in [-0.3, -0.25) is 0 Å². The van der Waals surface area contributed by atoms with Gasteiger partial charge in [0.15, 0.2) is 0 Å². The Morgan fingerprint density at radius 3 is 2.58 bits per heavy atom. The Morgan fingerprint density at radius 1 is 1.21 bits per heavy atom. The van der Waals surface area contributed by atoms with Crippen molar-refractivity contribution in [1.82, 2.24) is 0 Å². The molecular formula is C15H15ClINO. The summed E-state index contributed by atoms with van der Waals surface area (Å²) in [7, 11) is 0. The van der Waals surface area contributed by atoms with Gasteiger partial charge in [-0.25, -0.2) is 0 Å². The van der Waals surface area contributed by atoms with Crippen molar-refractivity contribution in [2.45, 2.75) is 19.9 Å². The van der Waals surface area contributed by atoms with Crippen LogP contribution in [-0.2, 0) is 0 Å². The molecule has 0 aliphatic carbocycles. The second kappa shape index (κ2) is 6.01. The summed E-state index contributed by atoms with van der Waals surface area (Å²) in [6.45, 7) is 3.95. The third kappa shape index (κ3) is 3.54. The lowest BCUT2D eigenvalue weighted by molar-refractivity contribution is 0.465. The number of rotatable bonds is 3. The number of hydrogen-bond donors (Lipinski definition) is 2. The van der Waals surface area contributed by atoms with Crippen LogP contribution in [0.25, 0.3) is 0 Å². The molecule has 2 N–H and O–H groups in total. The number of nitrogens with one attached hydrogen (secondary N) is 1. The van der Waals surface area contributed by atoms with Crippen molar-refractivity contribution >= 4 is 39.9 Å². The number of phenolic OH excluding ortho intramolecular Hbond substituents is 1. The van der Waals surface area contributed by atoms with Crippen molar-refractivity contribution in [3.63, 3.8) is 0 Å². The molecule has 2 nitrogen and oxygen atoms in total. The molecule has 100 valence electrons. The second-order valence-electron chi connectivity index (χ2n) is 4.55. The molecule has 0 amide bonds. The smallest absolute Gasteiger partial charge is 0.121 e. The lowest BCUT2D eigenvalue weighted by Crippen LogP contribution is -2.07. The first kappa shape index (κ1) is 14.5. The quantitative estimate of drug-likeness (QED) is 0.716. The van der Waals surface area contributed by atoms with Crippen LogP contribution in [0.3, 0.4) is 0 Å². The van der Waals surface area contributed by atoms with Crippen LogP contribution in [0.1, 0.15) is 24.1 Å². The molecule has 4 heteroatoms. The Hall–Kier alpha value is -0.940. The summed E-state index contributed by atoms with van der Waals surface area (Å²) >= 11 is 8.42. The number of aromatic hydroxyl groups is 1. The summed E-state index contributed by atoms with van der Waals surface area (Å²) in [6, 6.07) is 11.5. The molecule has 19 heavy (non-hydrogen) atoms. The summed E-state index contributed by atoms with van der Waals surface area (Å²) in [5.41, 5.74) is 2.77. The third-order valence-corrected chi connectivity index (χ3v) is 3.94. The van der Waals surface area contributed by atoms with E-state index in [2.05, 4.69) is 27.9 Å². The fraction of sp³-hybridized carbons (Fsp3) is 0.200. The molecule has 0 bridgehead atoms. The SMILES string of the molecule is Cc1ccc(C(C)Nc2ccc(I)cc2Cl)c(O)c1. The van der Waals surface area contributed by atoms with E-state index in [1.807, 2.05) is 44.2 Å². The Labute approximate surface area is 131 Å². The second-order valence-corrected chi connectivity index (χ2v) is 6.21. The first-order valence-corrected chi connectivity index (χ1v) is 7.44. The molecule has 0 heterocycles. The number of phenols is 1. The van der Waals surface area contributed by atoms with Crippen LogP contribution in [-0.4, -0.2) is 5.11 Å². The highest BCUT2D eigenvalue weighted by Crippen LogP contribution is 2.31. The van der Waals surface area contributed by atoms with E-state index in [1.165, 1.54) is 0 Å². The Balaban J connectivity index is 2.23. The number of hydrogen-bond acceptors (Lipinski definition) is 2. The largest absolute Gasteiger partial charge is 0.508 e. The molecular weight excluding hydrogens is 373 g/mol. The van der Waals surface area contributed by atoms with Gasteiger partial charge in [-0.1, -0.05) is 23.7 Å². The fourth-order valence-electron chi connectivity index (χ4n) is 1.94. The number of aryl methyl sites for hydroxylation is 1. The Kier molecular flexibility index (Phi) is 4.58. The van der Waals surface area contributed by atoms with Gasteiger partial charge in [0.05, 0.1) is 16.8 Å². The van der Waals surface area contributed by atoms with Gasteiger partial charge < -0.3 is 10.4 Å². The van der Waals surface area contributed by atoms with Crippen molar-refractivity contribution < 1.29 is 5.11 Å². The normalized spacial score (nSPS) is 12.2. The molecule has 0 aliphatic rings. The first-order valence-electron chi connectivity index (χ1n) is 5.98. The minimum atomic E-state index is -0.0156. The van der Waals surface area contributed by atoms with E-state index in [0.717, 1.165) is 20.4 Å². The topological polar surface area (TPSA) is 32.3 Å². The highest BCUT2D eigenvalue weighted by molar-refractivity contribution is 14.1. The average Bonchev–Trinajstić information content (AvgIpc) is 2.32. The molecule has 2 aromatic carbocycles. The van der Waals surface area contributed by atoms with Gasteiger partial charge in [0.2, 0.25) is 0 Å². The highest BCUT2D eigenvalue weighted by atomic mass is 127. The van der Waals surface area contributed by atoms with Gasteiger partial charge in [0, 0.05) is 9.13 Å². The van der Waals surface area contributed by atoms with Gasteiger partial charge in [-0.2, -0.15) is 0 Å². The fourth-order valence-corrected chi connectivity index (χ4v) is 2.85. The van der Waals surface area contributed by atoms with Crippen LogP contribution in [0.4, 0.5) is 5.69 Å². The molecule has 2 aromatic rings. The van der Waals surface area contributed by atoms with Crippen LogP contribution in [0.15, 0.2) is 36.4 Å². The highest BCUT2D eigenvalue weighted by Gasteiger charge is 2.11. The van der Waals surface area contributed by atoms with Crippen molar-refractivity contribution in [2.24, 2.45) is 0 Å². The number of benzene rings is 2. The molecule has 0 aromatic heterocycles.